The molecule has 0 radical (unpaired) electrons. The van der Waals surface area contributed by atoms with Gasteiger partial charge in [0, 0.05) is 47.6 Å². The number of carboxylic acids is 1. The van der Waals surface area contributed by atoms with Gasteiger partial charge in [-0.2, -0.15) is 0 Å². The molecule has 0 aromatic heterocycles. The smallest absolute Gasteiger partial charge is 0.342 e. The molecule has 2 aliphatic rings. The highest BCUT2D eigenvalue weighted by Crippen LogP contribution is 2.38. The summed E-state index contributed by atoms with van der Waals surface area (Å²) in [5.74, 6) is -3.32. The Morgan fingerprint density at radius 1 is 0.581 bits per heavy atom. The molecule has 86 heavy (non-hydrogen) atoms. The average molecular weight is 1210 g/mol. The van der Waals surface area contributed by atoms with Crippen LogP contribution in [-0.2, 0) is 42.6 Å². The molecule has 20 nitrogen and oxygen atoms in total. The van der Waals surface area contributed by atoms with E-state index in [2.05, 4.69) is 19.6 Å². The van der Waals surface area contributed by atoms with E-state index in [9.17, 15) is 34.5 Å². The molecule has 2 fully saturated rings. The number of rotatable bonds is 31. The van der Waals surface area contributed by atoms with Crippen molar-refractivity contribution < 1.29 is 96.1 Å². The second kappa shape index (κ2) is 34.2. The molecule has 2 saturated heterocycles. The maximum absolute atomic E-state index is 13.4. The summed E-state index contributed by atoms with van der Waals surface area (Å²) in [5, 5.41) is 28.4. The van der Waals surface area contributed by atoms with Crippen molar-refractivity contribution in [3.63, 3.8) is 0 Å². The van der Waals surface area contributed by atoms with Crippen LogP contribution in [0, 0.1) is 0 Å². The first-order valence-corrected chi connectivity index (χ1v) is 32.0. The molecule has 0 bridgehead atoms. The summed E-state index contributed by atoms with van der Waals surface area (Å²) < 4.78 is 74.3. The first kappa shape index (κ1) is 69.6. The number of hydrogen-bond acceptors (Lipinski definition) is 19. The summed E-state index contributed by atoms with van der Waals surface area (Å²) in [6, 6.07) is 24.6. The highest BCUT2D eigenvalue weighted by Gasteiger charge is 2.47. The average Bonchev–Trinajstić information content (AvgIpc) is 1.87. The zero-order chi connectivity index (χ0) is 62.9. The number of aromatic carboxylic acids is 1. The van der Waals surface area contributed by atoms with Gasteiger partial charge in [0.25, 0.3) is 0 Å². The van der Waals surface area contributed by atoms with Crippen molar-refractivity contribution in [3.8, 4) is 23.0 Å². The lowest BCUT2D eigenvalue weighted by molar-refractivity contribution is -0.153. The molecule has 6 rings (SSSR count). The minimum atomic E-state index is -1.43. The minimum Gasteiger partial charge on any atom is -0.497 e. The molecule has 2 aliphatic heterocycles. The number of aliphatic hydroxyl groups is 2. The molecular formula is C65H84O20Si. The first-order chi connectivity index (χ1) is 41.1. The fraction of sp³-hybridized carbons (Fsp3) is 0.446. The third-order valence-corrected chi connectivity index (χ3v) is 14.7. The van der Waals surface area contributed by atoms with Crippen LogP contribution >= 0.6 is 0 Å². The molecule has 6 atom stereocenters. The van der Waals surface area contributed by atoms with Crippen molar-refractivity contribution in [1.29, 1.82) is 0 Å². The Bertz CT molecular complexity index is 2910. The molecule has 3 N–H and O–H groups in total. The van der Waals surface area contributed by atoms with E-state index < -0.39 is 80.1 Å². The van der Waals surface area contributed by atoms with Crippen LogP contribution in [0.15, 0.2) is 121 Å². The van der Waals surface area contributed by atoms with Crippen LogP contribution in [-0.4, -0.2) is 157 Å². The molecule has 4 unspecified atom stereocenters. The van der Waals surface area contributed by atoms with E-state index in [1.54, 1.807) is 143 Å². The van der Waals surface area contributed by atoms with E-state index in [4.69, 9.17) is 61.6 Å². The van der Waals surface area contributed by atoms with Crippen LogP contribution in [0.2, 0.25) is 25.7 Å². The van der Waals surface area contributed by atoms with Crippen LogP contribution in [0.5, 0.6) is 23.0 Å². The summed E-state index contributed by atoms with van der Waals surface area (Å²) in [5.41, 5.74) is 1.91. The molecule has 4 aromatic rings. The van der Waals surface area contributed by atoms with Gasteiger partial charge in [-0.05, 0) is 119 Å². The summed E-state index contributed by atoms with van der Waals surface area (Å²) in [7, 11) is 4.51. The first-order valence-electron chi connectivity index (χ1n) is 28.3. The standard InChI is InChI=1S/C35H48O10Si.C30H36O10/c1-35(2)44-29(32(45-35)28(17-11-12-19-36)43-33(37)25-14-9-8-10-15-25)18-13-16-26-22-27(40-4)23-30(42-24-39-3)31(26)34(38)41-20-21-46(5,6)7;1-30(2)39-24(15-10-13-21-17-22(36-4)18-25(37-19-35-3)26(21)28(32)33)27(40-30)23(14-8-9-16-31)38-29(34)20-11-6-5-7-12-20/h8-11,13-17,22-23,28-29,32,36H,12,18-21,24H2,1-7H3;5-8,10-14,17-18,23-24,27,31H,9,15-16,19H2,1-4H3,(H,32,33)/b16-13+,17-11-;13-10+,14-8-/t28?,29-,32?;23?,24-,27?/m00/s1. The van der Waals surface area contributed by atoms with Crippen molar-refractivity contribution in [1.82, 2.24) is 0 Å². The predicted molar refractivity (Wildman–Crippen MR) is 324 cm³/mol. The van der Waals surface area contributed by atoms with Gasteiger partial charge in [0.2, 0.25) is 0 Å². The summed E-state index contributed by atoms with van der Waals surface area (Å²) in [4.78, 5) is 51.4. The van der Waals surface area contributed by atoms with E-state index in [1.165, 1.54) is 34.5 Å². The second-order valence-corrected chi connectivity index (χ2v) is 27.6. The number of benzene rings is 4. The van der Waals surface area contributed by atoms with Crippen molar-refractivity contribution >= 4 is 44.1 Å². The number of hydrogen-bond donors (Lipinski definition) is 3. The molecule has 2 heterocycles. The zero-order valence-corrected chi connectivity index (χ0v) is 52.0. The van der Waals surface area contributed by atoms with Gasteiger partial charge < -0.3 is 76.9 Å². The maximum atomic E-state index is 13.4. The highest BCUT2D eigenvalue weighted by molar-refractivity contribution is 6.76. The van der Waals surface area contributed by atoms with Gasteiger partial charge in [-0.1, -0.05) is 92.5 Å². The van der Waals surface area contributed by atoms with Gasteiger partial charge in [-0.25, -0.2) is 19.2 Å². The number of aliphatic hydroxyl groups excluding tert-OH is 2. The van der Waals surface area contributed by atoms with Gasteiger partial charge in [0.05, 0.1) is 44.2 Å². The zero-order valence-electron chi connectivity index (χ0n) is 51.0. The molecule has 0 aliphatic carbocycles. The third kappa shape index (κ3) is 22.0. The molecule has 4 aromatic carbocycles. The largest absolute Gasteiger partial charge is 0.497 e. The maximum Gasteiger partial charge on any atom is 0.342 e. The Labute approximate surface area is 505 Å². The van der Waals surface area contributed by atoms with Crippen molar-refractivity contribution in [3.05, 3.63) is 155 Å². The van der Waals surface area contributed by atoms with Gasteiger partial charge in [-0.15, -0.1) is 0 Å². The quantitative estimate of drug-likeness (QED) is 0.0139. The van der Waals surface area contributed by atoms with Crippen LogP contribution < -0.4 is 18.9 Å². The van der Waals surface area contributed by atoms with Crippen molar-refractivity contribution in [2.75, 3.05) is 61.8 Å². The monoisotopic (exact) mass is 1210 g/mol. The Hall–Kier alpha value is -7.18. The minimum absolute atomic E-state index is 0.0452. The summed E-state index contributed by atoms with van der Waals surface area (Å²) >= 11 is 0. The van der Waals surface area contributed by atoms with Gasteiger partial charge in [-0.3, -0.25) is 0 Å². The van der Waals surface area contributed by atoms with Crippen LogP contribution in [0.3, 0.4) is 0 Å². The summed E-state index contributed by atoms with van der Waals surface area (Å²) in [6.45, 7) is 13.8. The van der Waals surface area contributed by atoms with E-state index in [1.807, 2.05) is 12.1 Å². The Kier molecular flexibility index (Phi) is 27.7. The fourth-order valence-corrected chi connectivity index (χ4v) is 9.76. The SMILES string of the molecule is COCOc1cc(OC)cc(/C=C/C[C@@H]2OC(C)(C)OC2C(/C=C\CCO)OC(=O)c2ccccc2)c1C(=O)O.COCOc1cc(OC)cc(/C=C/C[C@@H]2OC(C)(C)OC2C(/C=C\CCO)OC(=O)c2ccccc2)c1C(=O)OCC[Si](C)(C)C. The van der Waals surface area contributed by atoms with Crippen LogP contribution in [0.1, 0.15) is 106 Å². The molecule has 0 saturated carbocycles. The van der Waals surface area contributed by atoms with E-state index >= 15 is 0 Å². The van der Waals surface area contributed by atoms with Crippen LogP contribution in [0.25, 0.3) is 12.2 Å². The van der Waals surface area contributed by atoms with Gasteiger partial charge in [0.15, 0.2) is 25.2 Å². The number of carboxylic acid groups (broad SMARTS) is 1. The topological polar surface area (TPSA) is 249 Å². The predicted octanol–water partition coefficient (Wildman–Crippen LogP) is 10.7. The van der Waals surface area contributed by atoms with Crippen molar-refractivity contribution in [2.24, 2.45) is 0 Å². The van der Waals surface area contributed by atoms with E-state index in [-0.39, 0.29) is 49.4 Å². The lowest BCUT2D eigenvalue weighted by Gasteiger charge is -2.24. The Balaban J connectivity index is 0.000000317. The van der Waals surface area contributed by atoms with Crippen LogP contribution in [0.4, 0.5) is 0 Å². The fourth-order valence-electron chi connectivity index (χ4n) is 9.04. The highest BCUT2D eigenvalue weighted by atomic mass is 28.3. The van der Waals surface area contributed by atoms with Crippen molar-refractivity contribution in [2.45, 2.75) is 127 Å². The number of carbonyl (C=O) groups excluding carboxylic acids is 3. The number of esters is 3. The molecule has 468 valence electrons. The molecule has 0 amide bonds. The van der Waals surface area contributed by atoms with E-state index in [0.29, 0.717) is 66.0 Å². The summed E-state index contributed by atoms with van der Waals surface area (Å²) in [6.07, 6.45) is 11.4. The third-order valence-electron chi connectivity index (χ3n) is 13.0. The van der Waals surface area contributed by atoms with E-state index in [0.717, 1.165) is 6.04 Å². The van der Waals surface area contributed by atoms with Gasteiger partial charge >= 0.3 is 23.9 Å². The number of methoxy groups -OCH3 is 4. The normalized spacial score (nSPS) is 18.8. The Morgan fingerprint density at radius 2 is 1.00 bits per heavy atom. The molecule has 21 heteroatoms. The molecule has 0 spiro atoms. The van der Waals surface area contributed by atoms with Gasteiger partial charge in [0.1, 0.15) is 58.5 Å². The lowest BCUT2D eigenvalue weighted by Crippen LogP contribution is -2.37. The Morgan fingerprint density at radius 3 is 1.38 bits per heavy atom. The number of carbonyl (C=O) groups is 4. The number of ether oxygens (including phenoxy) is 13. The second-order valence-electron chi connectivity index (χ2n) is 21.9. The molecular weight excluding hydrogens is 1130 g/mol. The lowest BCUT2D eigenvalue weighted by atomic mass is 10.0.